The summed E-state index contributed by atoms with van der Waals surface area (Å²) in [6.07, 6.45) is 4.55. The first-order chi connectivity index (χ1) is 7.63. The lowest BCUT2D eigenvalue weighted by atomic mass is 10.1. The minimum atomic E-state index is -0.942. The zero-order valence-corrected chi connectivity index (χ0v) is 11.0. The molecule has 0 amide bonds. The molecule has 0 atom stereocenters. The summed E-state index contributed by atoms with van der Waals surface area (Å²) in [7, 11) is 0. The van der Waals surface area contributed by atoms with Crippen molar-refractivity contribution >= 4 is 39.6 Å². The fourth-order valence-corrected chi connectivity index (χ4v) is 2.02. The van der Waals surface area contributed by atoms with Gasteiger partial charge >= 0.3 is 5.97 Å². The van der Waals surface area contributed by atoms with Gasteiger partial charge in [0.15, 0.2) is 0 Å². The van der Waals surface area contributed by atoms with Crippen molar-refractivity contribution in [3.05, 3.63) is 39.9 Å². The number of aliphatic carboxylic acids is 1. The van der Waals surface area contributed by atoms with Gasteiger partial charge in [0.2, 0.25) is 0 Å². The van der Waals surface area contributed by atoms with E-state index < -0.39 is 5.97 Å². The average molecular weight is 304 g/mol. The lowest BCUT2D eigenvalue weighted by molar-refractivity contribution is -0.131. The third kappa shape index (κ3) is 4.37. The van der Waals surface area contributed by atoms with Crippen LogP contribution in [0.1, 0.15) is 17.5 Å². The Morgan fingerprint density at radius 2 is 2.25 bits per heavy atom. The maximum Gasteiger partial charge on any atom is 0.328 e. The van der Waals surface area contributed by atoms with Gasteiger partial charge in [-0.25, -0.2) is 4.79 Å². The molecule has 0 spiro atoms. The summed E-state index contributed by atoms with van der Waals surface area (Å²) in [5.41, 5.74) is 2.05. The fraction of sp³-hybridized carbons (Fsp3) is 0.250. The van der Waals surface area contributed by atoms with Crippen LogP contribution >= 0.6 is 27.5 Å². The van der Waals surface area contributed by atoms with E-state index >= 15 is 0 Å². The number of carbonyl (C=O) groups is 1. The van der Waals surface area contributed by atoms with Crippen molar-refractivity contribution in [2.75, 3.05) is 5.88 Å². The molecule has 0 aliphatic heterocycles. The minimum Gasteiger partial charge on any atom is -0.478 e. The van der Waals surface area contributed by atoms with Gasteiger partial charge in [-0.05, 0) is 36.1 Å². The van der Waals surface area contributed by atoms with Crippen LogP contribution in [-0.4, -0.2) is 17.0 Å². The summed E-state index contributed by atoms with van der Waals surface area (Å²) >= 11 is 9.09. The first-order valence-corrected chi connectivity index (χ1v) is 6.21. The van der Waals surface area contributed by atoms with Crippen LogP contribution in [0.4, 0.5) is 0 Å². The van der Waals surface area contributed by atoms with Crippen LogP contribution in [-0.2, 0) is 11.2 Å². The topological polar surface area (TPSA) is 37.3 Å². The molecule has 4 heteroatoms. The van der Waals surface area contributed by atoms with Crippen LogP contribution < -0.4 is 0 Å². The van der Waals surface area contributed by atoms with Crippen molar-refractivity contribution in [3.8, 4) is 0 Å². The van der Waals surface area contributed by atoms with Crippen LogP contribution in [0.3, 0.4) is 0 Å². The highest BCUT2D eigenvalue weighted by atomic mass is 79.9. The maximum atomic E-state index is 10.4. The number of hydrogen-bond donors (Lipinski definition) is 1. The Hall–Kier alpha value is -0.800. The number of rotatable bonds is 5. The zero-order chi connectivity index (χ0) is 12.0. The van der Waals surface area contributed by atoms with Crippen molar-refractivity contribution in [1.82, 2.24) is 0 Å². The van der Waals surface area contributed by atoms with Crippen LogP contribution in [0, 0.1) is 0 Å². The van der Waals surface area contributed by atoms with E-state index in [2.05, 4.69) is 15.9 Å². The van der Waals surface area contributed by atoms with Gasteiger partial charge in [0, 0.05) is 16.4 Å². The van der Waals surface area contributed by atoms with Crippen LogP contribution in [0.15, 0.2) is 28.7 Å². The second-order valence-electron chi connectivity index (χ2n) is 3.31. The summed E-state index contributed by atoms with van der Waals surface area (Å²) in [6.45, 7) is 0. The summed E-state index contributed by atoms with van der Waals surface area (Å²) in [5.74, 6) is -0.296. The second-order valence-corrected chi connectivity index (χ2v) is 4.55. The van der Waals surface area contributed by atoms with Crippen molar-refractivity contribution in [3.63, 3.8) is 0 Å². The molecule has 16 heavy (non-hydrogen) atoms. The Morgan fingerprint density at radius 3 is 2.81 bits per heavy atom. The van der Waals surface area contributed by atoms with Gasteiger partial charge in [0.25, 0.3) is 0 Å². The molecule has 1 aromatic carbocycles. The molecule has 0 unspecified atom stereocenters. The van der Waals surface area contributed by atoms with E-state index in [1.165, 1.54) is 5.56 Å². The molecule has 0 aromatic heterocycles. The van der Waals surface area contributed by atoms with E-state index in [4.69, 9.17) is 16.7 Å². The van der Waals surface area contributed by atoms with E-state index in [1.807, 2.05) is 18.2 Å². The molecule has 0 fully saturated rings. The molecular formula is C12H12BrClO2. The molecule has 0 radical (unpaired) electrons. The van der Waals surface area contributed by atoms with E-state index in [-0.39, 0.29) is 0 Å². The molecule has 0 saturated carbocycles. The standard InChI is InChI=1S/C12H12BrClO2/c13-11-8-9(4-6-12(15)16)3-5-10(11)2-1-7-14/h3-6,8H,1-2,7H2,(H,15,16)/b6-4+. The molecule has 1 N–H and O–H groups in total. The number of halogens is 2. The summed E-state index contributed by atoms with van der Waals surface area (Å²) in [6, 6.07) is 5.79. The molecule has 0 aliphatic carbocycles. The predicted octanol–water partition coefficient (Wildman–Crippen LogP) is 3.72. The van der Waals surface area contributed by atoms with E-state index in [0.29, 0.717) is 5.88 Å². The molecule has 1 aromatic rings. The van der Waals surface area contributed by atoms with E-state index in [1.54, 1.807) is 6.08 Å². The second kappa shape index (κ2) is 6.71. The molecular weight excluding hydrogens is 291 g/mol. The normalized spacial score (nSPS) is 10.9. The summed E-state index contributed by atoms with van der Waals surface area (Å²) in [5, 5.41) is 8.50. The number of benzene rings is 1. The largest absolute Gasteiger partial charge is 0.478 e. The Balaban J connectivity index is 2.78. The van der Waals surface area contributed by atoms with E-state index in [0.717, 1.165) is 29.0 Å². The number of alkyl halides is 1. The molecule has 0 heterocycles. The average Bonchev–Trinajstić information content (AvgIpc) is 2.25. The van der Waals surface area contributed by atoms with Gasteiger partial charge in [-0.15, -0.1) is 11.6 Å². The van der Waals surface area contributed by atoms with Crippen molar-refractivity contribution in [1.29, 1.82) is 0 Å². The fourth-order valence-electron chi connectivity index (χ4n) is 1.29. The Labute approximate surface area is 108 Å². The highest BCUT2D eigenvalue weighted by molar-refractivity contribution is 9.10. The molecule has 2 nitrogen and oxygen atoms in total. The third-order valence-corrected chi connectivity index (χ3v) is 3.08. The molecule has 86 valence electrons. The Bertz CT molecular complexity index is 402. The van der Waals surface area contributed by atoms with Gasteiger partial charge in [0.1, 0.15) is 0 Å². The highest BCUT2D eigenvalue weighted by Gasteiger charge is 2.00. The lowest BCUT2D eigenvalue weighted by Gasteiger charge is -2.04. The molecule has 0 bridgehead atoms. The molecule has 1 rings (SSSR count). The number of aryl methyl sites for hydroxylation is 1. The first-order valence-electron chi connectivity index (χ1n) is 4.89. The Kier molecular flexibility index (Phi) is 5.56. The molecule has 0 aliphatic rings. The maximum absolute atomic E-state index is 10.4. The SMILES string of the molecule is O=C(O)/C=C/c1ccc(CCCCl)c(Br)c1. The van der Waals surface area contributed by atoms with Gasteiger partial charge in [-0.3, -0.25) is 0 Å². The highest BCUT2D eigenvalue weighted by Crippen LogP contribution is 2.21. The number of carboxylic acid groups (broad SMARTS) is 1. The number of hydrogen-bond acceptors (Lipinski definition) is 1. The quantitative estimate of drug-likeness (QED) is 0.665. The van der Waals surface area contributed by atoms with Crippen LogP contribution in [0.25, 0.3) is 6.08 Å². The predicted molar refractivity (Wildman–Crippen MR) is 69.9 cm³/mol. The lowest BCUT2D eigenvalue weighted by Crippen LogP contribution is -1.89. The van der Waals surface area contributed by atoms with Gasteiger partial charge < -0.3 is 5.11 Å². The van der Waals surface area contributed by atoms with Crippen molar-refractivity contribution in [2.24, 2.45) is 0 Å². The van der Waals surface area contributed by atoms with Gasteiger partial charge in [-0.2, -0.15) is 0 Å². The smallest absolute Gasteiger partial charge is 0.328 e. The van der Waals surface area contributed by atoms with Crippen LogP contribution in [0.5, 0.6) is 0 Å². The van der Waals surface area contributed by atoms with Gasteiger partial charge in [0.05, 0.1) is 0 Å². The van der Waals surface area contributed by atoms with Crippen molar-refractivity contribution in [2.45, 2.75) is 12.8 Å². The summed E-state index contributed by atoms with van der Waals surface area (Å²) < 4.78 is 0.991. The summed E-state index contributed by atoms with van der Waals surface area (Å²) in [4.78, 5) is 10.4. The van der Waals surface area contributed by atoms with Crippen LogP contribution in [0.2, 0.25) is 0 Å². The van der Waals surface area contributed by atoms with Crippen molar-refractivity contribution < 1.29 is 9.90 Å². The van der Waals surface area contributed by atoms with Gasteiger partial charge in [-0.1, -0.05) is 28.1 Å². The first kappa shape index (κ1) is 13.3. The monoisotopic (exact) mass is 302 g/mol. The Morgan fingerprint density at radius 1 is 1.50 bits per heavy atom. The minimum absolute atomic E-state index is 0.646. The number of carboxylic acids is 1. The molecule has 0 saturated heterocycles. The third-order valence-electron chi connectivity index (χ3n) is 2.08. The zero-order valence-electron chi connectivity index (χ0n) is 8.62. The van der Waals surface area contributed by atoms with E-state index in [9.17, 15) is 4.79 Å².